The highest BCUT2D eigenvalue weighted by molar-refractivity contribution is 6.09. The van der Waals surface area contributed by atoms with Crippen molar-refractivity contribution in [3.63, 3.8) is 0 Å². The minimum atomic E-state index is -1.17. The van der Waals surface area contributed by atoms with Crippen molar-refractivity contribution >= 4 is 45.6 Å². The second kappa shape index (κ2) is 11.9. The van der Waals surface area contributed by atoms with Gasteiger partial charge in [-0.25, -0.2) is 9.97 Å². The van der Waals surface area contributed by atoms with Gasteiger partial charge in [0.15, 0.2) is 5.82 Å². The van der Waals surface area contributed by atoms with Gasteiger partial charge in [-0.15, -0.1) is 0 Å². The first-order valence-corrected chi connectivity index (χ1v) is 10.5. The molecule has 0 fully saturated rings. The van der Waals surface area contributed by atoms with Crippen molar-refractivity contribution in [1.82, 2.24) is 19.9 Å². The van der Waals surface area contributed by atoms with E-state index in [4.69, 9.17) is 15.9 Å². The Morgan fingerprint density at radius 2 is 1.88 bits per heavy atom. The predicted molar refractivity (Wildman–Crippen MR) is 125 cm³/mol. The number of carboxylic acids is 2. The number of likely N-dealkylation sites (N-methyl/N-ethyl adjacent to an activating group) is 1. The van der Waals surface area contributed by atoms with E-state index in [9.17, 15) is 14.4 Å². The average molecular weight is 459 g/mol. The fourth-order valence-electron chi connectivity index (χ4n) is 3.14. The fraction of sp³-hybridized carbons (Fsp3) is 0.409. The third kappa shape index (κ3) is 7.22. The van der Waals surface area contributed by atoms with Gasteiger partial charge < -0.3 is 31.1 Å². The maximum absolute atomic E-state index is 11.9. The number of anilines is 1. The molecule has 0 saturated heterocycles. The van der Waals surface area contributed by atoms with E-state index in [1.807, 2.05) is 30.6 Å². The van der Waals surface area contributed by atoms with E-state index in [2.05, 4.69) is 39.0 Å². The van der Waals surface area contributed by atoms with Crippen molar-refractivity contribution in [2.45, 2.75) is 39.3 Å². The molecule has 3 rings (SSSR count). The molecule has 0 radical (unpaired) electrons. The van der Waals surface area contributed by atoms with Crippen LogP contribution in [0.1, 0.15) is 26.7 Å². The molecule has 1 atom stereocenters. The van der Waals surface area contributed by atoms with E-state index >= 15 is 0 Å². The first-order valence-electron chi connectivity index (χ1n) is 10.5. The second-order valence-electron chi connectivity index (χ2n) is 7.92. The molecule has 0 bridgehead atoms. The molecule has 3 aromatic rings. The van der Waals surface area contributed by atoms with Crippen LogP contribution in [0.5, 0.6) is 0 Å². The lowest BCUT2D eigenvalue weighted by atomic mass is 10.1. The molecule has 2 heterocycles. The lowest BCUT2D eigenvalue weighted by molar-refractivity contribution is -0.139. The van der Waals surface area contributed by atoms with Crippen LogP contribution in [0.3, 0.4) is 0 Å². The summed E-state index contributed by atoms with van der Waals surface area (Å²) in [5.74, 6) is -1.31. The number of aromatic nitrogens is 3. The number of carbonyl (C=O) groups is 3. The second-order valence-corrected chi connectivity index (χ2v) is 7.92. The zero-order valence-corrected chi connectivity index (χ0v) is 18.9. The Morgan fingerprint density at radius 1 is 1.18 bits per heavy atom. The van der Waals surface area contributed by atoms with Crippen LogP contribution < -0.4 is 16.4 Å². The highest BCUT2D eigenvalue weighted by Gasteiger charge is 2.16. The topological polar surface area (TPSA) is 172 Å². The Kier molecular flexibility index (Phi) is 9.25. The summed E-state index contributed by atoms with van der Waals surface area (Å²) in [5.41, 5.74) is 7.60. The average Bonchev–Trinajstić information content (AvgIpc) is 3.16. The van der Waals surface area contributed by atoms with Crippen LogP contribution in [-0.4, -0.2) is 62.2 Å². The van der Waals surface area contributed by atoms with Gasteiger partial charge in [0.25, 0.3) is 0 Å². The van der Waals surface area contributed by atoms with Crippen LogP contribution in [0.2, 0.25) is 0 Å². The molecule has 178 valence electrons. The minimum absolute atomic E-state index is 0.0231. The maximum Gasteiger partial charge on any atom is 0.320 e. The monoisotopic (exact) mass is 458 g/mol. The van der Waals surface area contributed by atoms with E-state index < -0.39 is 18.0 Å². The van der Waals surface area contributed by atoms with Crippen molar-refractivity contribution < 1.29 is 24.6 Å². The summed E-state index contributed by atoms with van der Waals surface area (Å²) < 4.78 is 2.14. The zero-order valence-electron chi connectivity index (χ0n) is 18.9. The number of hydrogen-bond donors (Lipinski definition) is 5. The standard InChI is InChI=1S/C17H21N5O.C5H9NO4/c1-11(2)9-22-10-19-15-16(22)12-6-4-5-7-13(12)20-17(15)21-14(23)8-18-3;6-3(5(9)10)1-2-4(7)8/h4-7,10-11,18H,8-9H2,1-3H3,(H,20,21,23);3H,1-2,6H2,(H,7,8)(H,9,10)/t;3-/m.0/s1. The smallest absolute Gasteiger partial charge is 0.320 e. The molecule has 0 saturated carbocycles. The first-order chi connectivity index (χ1) is 15.6. The first kappa shape index (κ1) is 25.7. The zero-order chi connectivity index (χ0) is 24.5. The molecule has 0 aliphatic carbocycles. The van der Waals surface area contributed by atoms with Gasteiger partial charge in [-0.2, -0.15) is 0 Å². The number of rotatable bonds is 9. The van der Waals surface area contributed by atoms with Crippen LogP contribution in [0.25, 0.3) is 21.9 Å². The van der Waals surface area contributed by atoms with Gasteiger partial charge in [0.05, 0.1) is 23.9 Å². The Morgan fingerprint density at radius 3 is 2.48 bits per heavy atom. The number of nitrogens with zero attached hydrogens (tertiary/aromatic N) is 3. The molecule has 1 aromatic carbocycles. The summed E-state index contributed by atoms with van der Waals surface area (Å²) in [5, 5.41) is 23.0. The van der Waals surface area contributed by atoms with Gasteiger partial charge in [0.1, 0.15) is 11.6 Å². The number of benzene rings is 1. The summed E-state index contributed by atoms with van der Waals surface area (Å²) in [6.07, 6.45) is 1.60. The number of hydrogen-bond acceptors (Lipinski definition) is 7. The molecular formula is C22H30N6O5. The number of carbonyl (C=O) groups excluding carboxylic acids is 1. The number of imidazole rings is 1. The Bertz CT molecular complexity index is 1130. The maximum atomic E-state index is 11.9. The molecule has 2 aromatic heterocycles. The van der Waals surface area contributed by atoms with Gasteiger partial charge in [-0.05, 0) is 25.5 Å². The van der Waals surface area contributed by atoms with Gasteiger partial charge in [-0.1, -0.05) is 32.0 Å². The van der Waals surface area contributed by atoms with Crippen molar-refractivity contribution in [2.24, 2.45) is 11.7 Å². The molecule has 1 amide bonds. The number of para-hydroxylation sites is 1. The molecule has 33 heavy (non-hydrogen) atoms. The van der Waals surface area contributed by atoms with Gasteiger partial charge in [0.2, 0.25) is 5.91 Å². The lowest BCUT2D eigenvalue weighted by Crippen LogP contribution is -2.30. The van der Waals surface area contributed by atoms with E-state index in [-0.39, 0.29) is 25.3 Å². The van der Waals surface area contributed by atoms with E-state index in [0.29, 0.717) is 11.7 Å². The summed E-state index contributed by atoms with van der Waals surface area (Å²) in [7, 11) is 1.74. The summed E-state index contributed by atoms with van der Waals surface area (Å²) >= 11 is 0. The highest BCUT2D eigenvalue weighted by Crippen LogP contribution is 2.29. The third-order valence-electron chi connectivity index (χ3n) is 4.60. The normalized spacial score (nSPS) is 11.8. The third-order valence-corrected chi connectivity index (χ3v) is 4.60. The number of aliphatic carboxylic acids is 2. The predicted octanol–water partition coefficient (Wildman–Crippen LogP) is 1.66. The Hall–Kier alpha value is -3.57. The fourth-order valence-corrected chi connectivity index (χ4v) is 3.14. The van der Waals surface area contributed by atoms with Crippen molar-refractivity contribution in [3.8, 4) is 0 Å². The Balaban J connectivity index is 0.000000328. The van der Waals surface area contributed by atoms with E-state index in [1.54, 1.807) is 7.05 Å². The molecular weight excluding hydrogens is 428 g/mol. The molecule has 11 heteroatoms. The van der Waals surface area contributed by atoms with Crippen LogP contribution in [0.15, 0.2) is 30.6 Å². The lowest BCUT2D eigenvalue weighted by Gasteiger charge is -2.11. The number of fused-ring (bicyclic) bond motifs is 3. The van der Waals surface area contributed by atoms with Gasteiger partial charge in [0, 0.05) is 18.4 Å². The summed E-state index contributed by atoms with van der Waals surface area (Å²) in [6, 6.07) is 6.88. The Labute approximate surface area is 191 Å². The molecule has 11 nitrogen and oxygen atoms in total. The quantitative estimate of drug-likeness (QED) is 0.319. The number of pyridine rings is 1. The summed E-state index contributed by atoms with van der Waals surface area (Å²) in [6.45, 7) is 5.45. The highest BCUT2D eigenvalue weighted by atomic mass is 16.4. The number of carboxylic acid groups (broad SMARTS) is 2. The molecule has 0 aliphatic heterocycles. The van der Waals surface area contributed by atoms with Crippen LogP contribution in [0, 0.1) is 5.92 Å². The number of nitrogens with one attached hydrogen (secondary N) is 2. The number of amides is 1. The van der Waals surface area contributed by atoms with E-state index in [1.165, 1.54) is 0 Å². The minimum Gasteiger partial charge on any atom is -0.481 e. The molecule has 0 unspecified atom stereocenters. The van der Waals surface area contributed by atoms with Crippen LogP contribution in [0.4, 0.5) is 5.82 Å². The number of nitrogens with two attached hydrogens (primary N) is 1. The SMILES string of the molecule is CNCC(=O)Nc1nc2ccccc2c2c1ncn2CC(C)C.N[C@@H](CCC(=O)O)C(=O)O. The van der Waals surface area contributed by atoms with Crippen LogP contribution >= 0.6 is 0 Å². The molecule has 0 aliphatic rings. The molecule has 0 spiro atoms. The van der Waals surface area contributed by atoms with Crippen molar-refractivity contribution in [2.75, 3.05) is 18.9 Å². The molecule has 6 N–H and O–H groups in total. The van der Waals surface area contributed by atoms with Gasteiger partial charge >= 0.3 is 11.9 Å². The largest absolute Gasteiger partial charge is 0.481 e. The van der Waals surface area contributed by atoms with Crippen molar-refractivity contribution in [1.29, 1.82) is 0 Å². The van der Waals surface area contributed by atoms with E-state index in [0.717, 1.165) is 28.5 Å². The van der Waals surface area contributed by atoms with Crippen molar-refractivity contribution in [3.05, 3.63) is 30.6 Å². The summed E-state index contributed by atoms with van der Waals surface area (Å²) in [4.78, 5) is 40.9. The van der Waals surface area contributed by atoms with Gasteiger partial charge in [-0.3, -0.25) is 14.4 Å². The van der Waals surface area contributed by atoms with Crippen LogP contribution in [-0.2, 0) is 20.9 Å².